The Morgan fingerprint density at radius 2 is 1.76 bits per heavy atom. The number of aliphatic hydroxyl groups excluding tert-OH is 1. The highest BCUT2D eigenvalue weighted by Gasteiger charge is 2.46. The van der Waals surface area contributed by atoms with Crippen LogP contribution in [0.4, 0.5) is 0 Å². The van der Waals surface area contributed by atoms with Crippen LogP contribution < -0.4 is 9.47 Å². The summed E-state index contributed by atoms with van der Waals surface area (Å²) in [7, 11) is 3.15. The Hall–Kier alpha value is -3.58. The summed E-state index contributed by atoms with van der Waals surface area (Å²) < 4.78 is 10.7. The van der Waals surface area contributed by atoms with Gasteiger partial charge in [0.1, 0.15) is 5.76 Å². The number of aliphatic hydroxyl groups is 1. The summed E-state index contributed by atoms with van der Waals surface area (Å²) >= 11 is 1.45. The van der Waals surface area contributed by atoms with E-state index in [0.29, 0.717) is 30.0 Å². The van der Waals surface area contributed by atoms with Crippen LogP contribution in [0.5, 0.6) is 11.5 Å². The van der Waals surface area contributed by atoms with Gasteiger partial charge in [0.2, 0.25) is 0 Å². The first kappa shape index (κ1) is 22.6. The fourth-order valence-corrected chi connectivity index (χ4v) is 4.85. The van der Waals surface area contributed by atoms with Crippen LogP contribution in [0.1, 0.15) is 27.6 Å². The number of hydrogen-bond acceptors (Lipinski definition) is 6. The summed E-state index contributed by atoms with van der Waals surface area (Å²) in [5, 5.41) is 13.0. The quantitative estimate of drug-likeness (QED) is 0.311. The van der Waals surface area contributed by atoms with Gasteiger partial charge in [-0.05, 0) is 42.5 Å². The van der Waals surface area contributed by atoms with E-state index in [9.17, 15) is 14.7 Å². The molecule has 7 heteroatoms. The molecule has 1 aromatic heterocycles. The van der Waals surface area contributed by atoms with Crippen LogP contribution in [-0.4, -0.2) is 42.5 Å². The van der Waals surface area contributed by atoms with Crippen LogP contribution in [0.25, 0.3) is 5.76 Å². The minimum Gasteiger partial charge on any atom is -0.507 e. The molecule has 0 aliphatic carbocycles. The predicted molar refractivity (Wildman–Crippen MR) is 128 cm³/mol. The molecule has 2 aromatic carbocycles. The number of hydrogen-bond donors (Lipinski definition) is 1. The van der Waals surface area contributed by atoms with Crippen molar-refractivity contribution in [1.82, 2.24) is 4.90 Å². The largest absolute Gasteiger partial charge is 0.507 e. The van der Waals surface area contributed by atoms with Crippen molar-refractivity contribution in [2.75, 3.05) is 20.8 Å². The number of benzene rings is 2. The van der Waals surface area contributed by atoms with Gasteiger partial charge in [0.05, 0.1) is 25.8 Å². The van der Waals surface area contributed by atoms with Crippen LogP contribution in [-0.2, 0) is 16.0 Å². The Morgan fingerprint density at radius 1 is 1.03 bits per heavy atom. The van der Waals surface area contributed by atoms with Crippen molar-refractivity contribution in [1.29, 1.82) is 0 Å². The zero-order valence-corrected chi connectivity index (χ0v) is 19.5. The van der Waals surface area contributed by atoms with Gasteiger partial charge >= 0.3 is 0 Å². The maximum atomic E-state index is 13.1. The molecule has 0 bridgehead atoms. The lowest BCUT2D eigenvalue weighted by Crippen LogP contribution is -2.31. The van der Waals surface area contributed by atoms with E-state index in [1.54, 1.807) is 31.3 Å². The van der Waals surface area contributed by atoms with Gasteiger partial charge < -0.3 is 19.5 Å². The zero-order chi connectivity index (χ0) is 23.5. The summed E-state index contributed by atoms with van der Waals surface area (Å²) in [6.07, 6.45) is 0.514. The molecule has 1 fully saturated rings. The van der Waals surface area contributed by atoms with Crippen molar-refractivity contribution >= 4 is 28.8 Å². The third-order valence-electron chi connectivity index (χ3n) is 5.77. The number of amides is 1. The van der Waals surface area contributed by atoms with Crippen LogP contribution >= 0.6 is 11.3 Å². The number of methoxy groups -OCH3 is 2. The molecule has 1 aliphatic rings. The Balaban J connectivity index is 1.69. The second kappa shape index (κ2) is 9.50. The molecule has 4 rings (SSSR count). The first-order valence-corrected chi connectivity index (χ1v) is 11.4. The second-order valence-corrected chi connectivity index (χ2v) is 8.79. The number of aryl methyl sites for hydroxylation is 1. The average Bonchev–Trinajstić information content (AvgIpc) is 3.44. The molecule has 33 heavy (non-hydrogen) atoms. The summed E-state index contributed by atoms with van der Waals surface area (Å²) in [5.74, 6) is -0.202. The van der Waals surface area contributed by atoms with E-state index in [0.717, 1.165) is 16.0 Å². The number of ether oxygens (including phenoxy) is 2. The number of rotatable bonds is 7. The number of Topliss-reactive ketones (excluding diaryl/α,β-unsaturated/α-hetero) is 1. The minimum absolute atomic E-state index is 0.124. The second-order valence-electron chi connectivity index (χ2n) is 7.81. The van der Waals surface area contributed by atoms with Crippen molar-refractivity contribution in [3.63, 3.8) is 0 Å². The SMILES string of the molecule is COc1ccc(CCN2C(=O)C(=O)/C(=C(\O)c3ccc(C)cc3)C2c2cccs2)cc1OC. The van der Waals surface area contributed by atoms with Gasteiger partial charge in [-0.2, -0.15) is 0 Å². The maximum Gasteiger partial charge on any atom is 0.295 e. The van der Waals surface area contributed by atoms with Gasteiger partial charge in [-0.1, -0.05) is 42.0 Å². The van der Waals surface area contributed by atoms with E-state index in [1.165, 1.54) is 11.3 Å². The zero-order valence-electron chi connectivity index (χ0n) is 18.7. The Morgan fingerprint density at radius 3 is 2.39 bits per heavy atom. The number of carbonyl (C=O) groups excluding carboxylic acids is 2. The Kier molecular flexibility index (Phi) is 6.51. The average molecular weight is 464 g/mol. The molecule has 0 saturated carbocycles. The molecule has 6 nitrogen and oxygen atoms in total. The van der Waals surface area contributed by atoms with E-state index in [4.69, 9.17) is 9.47 Å². The van der Waals surface area contributed by atoms with Gasteiger partial charge in [0.15, 0.2) is 11.5 Å². The number of ketones is 1. The molecule has 3 aromatic rings. The first-order chi connectivity index (χ1) is 15.9. The smallest absolute Gasteiger partial charge is 0.295 e. The van der Waals surface area contributed by atoms with Gasteiger partial charge in [0.25, 0.3) is 11.7 Å². The van der Waals surface area contributed by atoms with Crippen molar-refractivity contribution < 1.29 is 24.2 Å². The summed E-state index contributed by atoms with van der Waals surface area (Å²) in [6.45, 7) is 2.26. The third-order valence-corrected chi connectivity index (χ3v) is 6.69. The lowest BCUT2D eigenvalue weighted by Gasteiger charge is -2.24. The van der Waals surface area contributed by atoms with Gasteiger partial charge in [-0.25, -0.2) is 0 Å². The summed E-state index contributed by atoms with van der Waals surface area (Å²) in [6, 6.07) is 16.0. The van der Waals surface area contributed by atoms with E-state index in [-0.39, 0.29) is 11.3 Å². The van der Waals surface area contributed by atoms with Crippen molar-refractivity contribution in [2.24, 2.45) is 0 Å². The maximum absolute atomic E-state index is 13.1. The topological polar surface area (TPSA) is 76.1 Å². The van der Waals surface area contributed by atoms with Crippen LogP contribution in [0.15, 0.2) is 65.6 Å². The summed E-state index contributed by atoms with van der Waals surface area (Å²) in [5.41, 5.74) is 2.62. The lowest BCUT2D eigenvalue weighted by molar-refractivity contribution is -0.139. The molecule has 1 saturated heterocycles. The molecule has 170 valence electrons. The molecule has 1 aliphatic heterocycles. The van der Waals surface area contributed by atoms with Gasteiger partial charge in [0, 0.05) is 17.0 Å². The molecule has 0 radical (unpaired) electrons. The number of carbonyl (C=O) groups is 2. The third kappa shape index (κ3) is 4.36. The Bertz CT molecular complexity index is 1200. The minimum atomic E-state index is -0.668. The number of likely N-dealkylation sites (tertiary alicyclic amines) is 1. The molecular weight excluding hydrogens is 438 g/mol. The fourth-order valence-electron chi connectivity index (χ4n) is 4.01. The van der Waals surface area contributed by atoms with Gasteiger partial charge in [-0.15, -0.1) is 11.3 Å². The molecule has 1 atom stereocenters. The van der Waals surface area contributed by atoms with E-state index < -0.39 is 17.7 Å². The van der Waals surface area contributed by atoms with E-state index in [2.05, 4.69) is 0 Å². The van der Waals surface area contributed by atoms with E-state index in [1.807, 2.05) is 54.8 Å². The standard InChI is InChI=1S/C26H25NO5S/c1-16-6-9-18(10-7-16)24(28)22-23(21-5-4-14-33-21)27(26(30)25(22)29)13-12-17-8-11-19(31-2)20(15-17)32-3/h4-11,14-15,23,28H,12-13H2,1-3H3/b24-22-. The lowest BCUT2D eigenvalue weighted by atomic mass is 9.99. The molecule has 0 spiro atoms. The normalized spacial score (nSPS) is 17.4. The van der Waals surface area contributed by atoms with Crippen molar-refractivity contribution in [3.05, 3.63) is 87.1 Å². The van der Waals surface area contributed by atoms with Crippen LogP contribution in [0.2, 0.25) is 0 Å². The van der Waals surface area contributed by atoms with E-state index >= 15 is 0 Å². The predicted octanol–water partition coefficient (Wildman–Crippen LogP) is 4.74. The molecule has 2 heterocycles. The van der Waals surface area contributed by atoms with Crippen LogP contribution in [0, 0.1) is 6.92 Å². The number of thiophene rings is 1. The molecule has 1 unspecified atom stereocenters. The highest BCUT2D eigenvalue weighted by atomic mass is 32.1. The molecular formula is C26H25NO5S. The number of nitrogens with zero attached hydrogens (tertiary/aromatic N) is 1. The first-order valence-electron chi connectivity index (χ1n) is 10.5. The Labute approximate surface area is 196 Å². The molecule has 1 amide bonds. The summed E-state index contributed by atoms with van der Waals surface area (Å²) in [4.78, 5) is 28.5. The fraction of sp³-hybridized carbons (Fsp3) is 0.231. The highest BCUT2D eigenvalue weighted by molar-refractivity contribution is 7.10. The molecule has 1 N–H and O–H groups in total. The monoisotopic (exact) mass is 463 g/mol. The van der Waals surface area contributed by atoms with Crippen LogP contribution in [0.3, 0.4) is 0 Å². The van der Waals surface area contributed by atoms with Gasteiger partial charge in [-0.3, -0.25) is 9.59 Å². The highest BCUT2D eigenvalue weighted by Crippen LogP contribution is 2.41. The van der Waals surface area contributed by atoms with Crippen molar-refractivity contribution in [3.8, 4) is 11.5 Å². The van der Waals surface area contributed by atoms with Crippen molar-refractivity contribution in [2.45, 2.75) is 19.4 Å².